The fraction of sp³-hybridized carbons (Fsp3) is 0.538. The molecule has 2 aliphatic carbocycles. The van der Waals surface area contributed by atoms with Gasteiger partial charge in [0.25, 0.3) is 0 Å². The average Bonchev–Trinajstić information content (AvgIpc) is 2.79. The molecule has 1 heterocycles. The quantitative estimate of drug-likeness (QED) is 0.825. The van der Waals surface area contributed by atoms with Crippen molar-refractivity contribution < 1.29 is 4.79 Å². The zero-order chi connectivity index (χ0) is 11.0. The zero-order valence-electron chi connectivity index (χ0n) is 9.28. The molecule has 1 aromatic rings. The lowest BCUT2D eigenvalue weighted by atomic mass is 10.0. The third kappa shape index (κ3) is 1.60. The molecule has 0 saturated heterocycles. The van der Waals surface area contributed by atoms with E-state index in [0.29, 0.717) is 5.41 Å². The number of hydrogen-bond donors (Lipinski definition) is 1. The van der Waals surface area contributed by atoms with Crippen LogP contribution in [0.4, 0.5) is 5.69 Å². The monoisotopic (exact) mass is 216 g/mol. The Bertz CT molecular complexity index is 396. The molecule has 1 N–H and O–H groups in total. The van der Waals surface area contributed by atoms with Gasteiger partial charge < -0.3 is 5.32 Å². The van der Waals surface area contributed by atoms with E-state index in [9.17, 15) is 4.79 Å². The van der Waals surface area contributed by atoms with Crippen LogP contribution in [0.1, 0.15) is 32.1 Å². The summed E-state index contributed by atoms with van der Waals surface area (Å²) in [6.07, 6.45) is 9.62. The molecule has 84 valence electrons. The number of pyridine rings is 1. The van der Waals surface area contributed by atoms with Crippen molar-refractivity contribution >= 4 is 11.6 Å². The average molecular weight is 216 g/mol. The number of anilines is 1. The highest BCUT2D eigenvalue weighted by Gasteiger charge is 2.58. The Kier molecular flexibility index (Phi) is 2.20. The maximum Gasteiger partial charge on any atom is 0.228 e. The molecule has 2 aliphatic rings. The molecule has 1 amide bonds. The first-order valence-corrected chi connectivity index (χ1v) is 6.01. The van der Waals surface area contributed by atoms with Crippen molar-refractivity contribution in [2.45, 2.75) is 32.1 Å². The molecule has 0 aliphatic heterocycles. The van der Waals surface area contributed by atoms with Gasteiger partial charge in [-0.05, 0) is 36.8 Å². The second-order valence-corrected chi connectivity index (χ2v) is 5.05. The van der Waals surface area contributed by atoms with Crippen LogP contribution in [-0.2, 0) is 4.79 Å². The first-order chi connectivity index (χ1) is 7.80. The van der Waals surface area contributed by atoms with E-state index >= 15 is 0 Å². The smallest absolute Gasteiger partial charge is 0.228 e. The van der Waals surface area contributed by atoms with Crippen molar-refractivity contribution in [3.63, 3.8) is 0 Å². The molecule has 1 atom stereocenters. The molecule has 0 aromatic carbocycles. The second kappa shape index (κ2) is 3.58. The molecule has 2 saturated carbocycles. The molecule has 3 rings (SSSR count). The molecule has 1 aromatic heterocycles. The fourth-order valence-corrected chi connectivity index (χ4v) is 3.01. The molecule has 0 bridgehead atoms. The Labute approximate surface area is 95.3 Å². The van der Waals surface area contributed by atoms with E-state index in [1.807, 2.05) is 12.1 Å². The summed E-state index contributed by atoms with van der Waals surface area (Å²) in [5.74, 6) is 0.469. The SMILES string of the molecule is O=C(Nc1ccncc1)[C@@H]1CC12CCCC2. The van der Waals surface area contributed by atoms with Gasteiger partial charge in [0.2, 0.25) is 5.91 Å². The molecular formula is C13H16N2O. The minimum absolute atomic E-state index is 0.202. The van der Waals surface area contributed by atoms with Crippen molar-refractivity contribution in [1.82, 2.24) is 4.98 Å². The zero-order valence-corrected chi connectivity index (χ0v) is 9.28. The molecule has 3 heteroatoms. The lowest BCUT2D eigenvalue weighted by Crippen LogP contribution is -2.17. The summed E-state index contributed by atoms with van der Waals surface area (Å²) in [5.41, 5.74) is 1.25. The van der Waals surface area contributed by atoms with Crippen molar-refractivity contribution in [3.8, 4) is 0 Å². The maximum atomic E-state index is 12.0. The normalized spacial score (nSPS) is 25.6. The van der Waals surface area contributed by atoms with Crippen LogP contribution >= 0.6 is 0 Å². The highest BCUT2D eigenvalue weighted by atomic mass is 16.2. The highest BCUT2D eigenvalue weighted by molar-refractivity contribution is 5.95. The largest absolute Gasteiger partial charge is 0.326 e. The summed E-state index contributed by atoms with van der Waals surface area (Å²) in [5, 5.41) is 2.98. The summed E-state index contributed by atoms with van der Waals surface area (Å²) in [7, 11) is 0. The Morgan fingerprint density at radius 2 is 2.00 bits per heavy atom. The number of aromatic nitrogens is 1. The number of hydrogen-bond acceptors (Lipinski definition) is 2. The molecule has 0 unspecified atom stereocenters. The Balaban J connectivity index is 1.63. The van der Waals surface area contributed by atoms with Gasteiger partial charge in [-0.2, -0.15) is 0 Å². The van der Waals surface area contributed by atoms with Crippen LogP contribution in [0.15, 0.2) is 24.5 Å². The summed E-state index contributed by atoms with van der Waals surface area (Å²) in [6.45, 7) is 0. The Morgan fingerprint density at radius 1 is 1.31 bits per heavy atom. The molecular weight excluding hydrogens is 200 g/mol. The lowest BCUT2D eigenvalue weighted by molar-refractivity contribution is -0.118. The first kappa shape index (κ1) is 9.82. The fourth-order valence-electron chi connectivity index (χ4n) is 3.01. The van der Waals surface area contributed by atoms with Crippen LogP contribution in [0, 0.1) is 11.3 Å². The van der Waals surface area contributed by atoms with E-state index in [-0.39, 0.29) is 11.8 Å². The second-order valence-electron chi connectivity index (χ2n) is 5.05. The molecule has 3 nitrogen and oxygen atoms in total. The van der Waals surface area contributed by atoms with E-state index in [0.717, 1.165) is 12.1 Å². The van der Waals surface area contributed by atoms with Crippen molar-refractivity contribution in [2.24, 2.45) is 11.3 Å². The van der Waals surface area contributed by atoms with E-state index in [1.165, 1.54) is 25.7 Å². The molecule has 1 spiro atoms. The number of carbonyl (C=O) groups excluding carboxylic acids is 1. The molecule has 16 heavy (non-hydrogen) atoms. The number of nitrogens with zero attached hydrogens (tertiary/aromatic N) is 1. The van der Waals surface area contributed by atoms with Gasteiger partial charge in [-0.25, -0.2) is 0 Å². The van der Waals surface area contributed by atoms with Gasteiger partial charge in [-0.3, -0.25) is 9.78 Å². The first-order valence-electron chi connectivity index (χ1n) is 6.01. The van der Waals surface area contributed by atoms with Crippen molar-refractivity contribution in [3.05, 3.63) is 24.5 Å². The Morgan fingerprint density at radius 3 is 2.69 bits per heavy atom. The van der Waals surface area contributed by atoms with E-state index in [4.69, 9.17) is 0 Å². The van der Waals surface area contributed by atoms with Gasteiger partial charge in [0, 0.05) is 24.0 Å². The van der Waals surface area contributed by atoms with Crippen LogP contribution in [0.3, 0.4) is 0 Å². The highest BCUT2D eigenvalue weighted by Crippen LogP contribution is 2.62. The lowest BCUT2D eigenvalue weighted by Gasteiger charge is -2.08. The van der Waals surface area contributed by atoms with Gasteiger partial charge in [-0.1, -0.05) is 12.8 Å². The predicted molar refractivity (Wildman–Crippen MR) is 61.9 cm³/mol. The van der Waals surface area contributed by atoms with Crippen LogP contribution in [-0.4, -0.2) is 10.9 Å². The standard InChI is InChI=1S/C13H16N2O/c16-12(15-10-3-7-14-8-4-10)11-9-13(11)5-1-2-6-13/h3-4,7-8,11H,1-2,5-6,9H2,(H,14,15,16)/t11-/m0/s1. The summed E-state index contributed by atoms with van der Waals surface area (Å²) in [6, 6.07) is 3.67. The minimum atomic E-state index is 0.202. The molecule has 2 fully saturated rings. The van der Waals surface area contributed by atoms with Crippen molar-refractivity contribution in [1.29, 1.82) is 0 Å². The summed E-state index contributed by atoms with van der Waals surface area (Å²) < 4.78 is 0. The van der Waals surface area contributed by atoms with E-state index in [1.54, 1.807) is 12.4 Å². The van der Waals surface area contributed by atoms with Crippen LogP contribution < -0.4 is 5.32 Å². The topological polar surface area (TPSA) is 42.0 Å². The van der Waals surface area contributed by atoms with Crippen LogP contribution in [0.25, 0.3) is 0 Å². The number of rotatable bonds is 2. The number of carbonyl (C=O) groups is 1. The Hall–Kier alpha value is -1.38. The molecule has 0 radical (unpaired) electrons. The minimum Gasteiger partial charge on any atom is -0.326 e. The third-order valence-electron chi connectivity index (χ3n) is 4.05. The van der Waals surface area contributed by atoms with Crippen molar-refractivity contribution in [2.75, 3.05) is 5.32 Å². The predicted octanol–water partition coefficient (Wildman–Crippen LogP) is 2.60. The van der Waals surface area contributed by atoms with Crippen LogP contribution in [0.2, 0.25) is 0 Å². The summed E-state index contributed by atoms with van der Waals surface area (Å²) >= 11 is 0. The van der Waals surface area contributed by atoms with Gasteiger partial charge in [-0.15, -0.1) is 0 Å². The maximum absolute atomic E-state index is 12.0. The number of nitrogens with one attached hydrogen (secondary N) is 1. The van der Waals surface area contributed by atoms with Gasteiger partial charge in [0.15, 0.2) is 0 Å². The van der Waals surface area contributed by atoms with Crippen LogP contribution in [0.5, 0.6) is 0 Å². The number of amides is 1. The summed E-state index contributed by atoms with van der Waals surface area (Å²) in [4.78, 5) is 15.9. The third-order valence-corrected chi connectivity index (χ3v) is 4.05. The van der Waals surface area contributed by atoms with Gasteiger partial charge in [0.1, 0.15) is 0 Å². The van der Waals surface area contributed by atoms with E-state index in [2.05, 4.69) is 10.3 Å². The van der Waals surface area contributed by atoms with Gasteiger partial charge in [0.05, 0.1) is 0 Å². The van der Waals surface area contributed by atoms with Gasteiger partial charge >= 0.3 is 0 Å². The van der Waals surface area contributed by atoms with E-state index < -0.39 is 0 Å².